The van der Waals surface area contributed by atoms with Crippen LogP contribution in [0.3, 0.4) is 0 Å². The van der Waals surface area contributed by atoms with Crippen LogP contribution < -0.4 is 0 Å². The first kappa shape index (κ1) is 24.5. The lowest BCUT2D eigenvalue weighted by Gasteiger charge is -2.44. The van der Waals surface area contributed by atoms with E-state index in [4.69, 9.17) is 0 Å². The zero-order valence-electron chi connectivity index (χ0n) is 20.3. The van der Waals surface area contributed by atoms with Crippen molar-refractivity contribution in [1.82, 2.24) is 0 Å². The molecule has 0 bridgehead atoms. The first-order valence-electron chi connectivity index (χ1n) is 12.3. The predicted molar refractivity (Wildman–Crippen MR) is 129 cm³/mol. The van der Waals surface area contributed by atoms with Gasteiger partial charge in [-0.1, -0.05) is 60.9 Å². The molecule has 3 heteroatoms. The number of aliphatic hydroxyl groups excluding tert-OH is 2. The second-order valence-corrected chi connectivity index (χ2v) is 11.4. The van der Waals surface area contributed by atoms with Gasteiger partial charge in [-0.05, 0) is 95.3 Å². The molecule has 0 aromatic heterocycles. The molecule has 3 nitrogen and oxygen atoms in total. The minimum atomic E-state index is -0.774. The highest BCUT2D eigenvalue weighted by molar-refractivity contribution is 5.27. The van der Waals surface area contributed by atoms with Crippen LogP contribution >= 0.6 is 0 Å². The van der Waals surface area contributed by atoms with Gasteiger partial charge in [0.2, 0.25) is 0 Å². The molecule has 0 aromatic carbocycles. The normalized spacial score (nSPS) is 37.4. The fourth-order valence-electron chi connectivity index (χ4n) is 6.72. The molecule has 0 saturated heterocycles. The molecular formula is C28H44O3. The Kier molecular flexibility index (Phi) is 7.71. The van der Waals surface area contributed by atoms with Crippen molar-refractivity contribution < 1.29 is 15.3 Å². The molecule has 6 atom stereocenters. The van der Waals surface area contributed by atoms with Crippen molar-refractivity contribution >= 4 is 0 Å². The van der Waals surface area contributed by atoms with E-state index < -0.39 is 17.8 Å². The number of hydrogen-bond donors (Lipinski definition) is 3. The minimum Gasteiger partial charge on any atom is -0.393 e. The highest BCUT2D eigenvalue weighted by atomic mass is 16.3. The molecular weight excluding hydrogens is 384 g/mol. The van der Waals surface area contributed by atoms with Gasteiger partial charge in [0.25, 0.3) is 0 Å². The predicted octanol–water partition coefficient (Wildman–Crippen LogP) is 5.87. The molecule has 3 aliphatic carbocycles. The van der Waals surface area contributed by atoms with E-state index in [0.717, 1.165) is 5.57 Å². The zero-order valence-corrected chi connectivity index (χ0v) is 20.3. The number of hydrogen-bond acceptors (Lipinski definition) is 3. The maximum absolute atomic E-state index is 10.0. The fraction of sp³-hybridized carbons (Fsp3) is 0.714. The van der Waals surface area contributed by atoms with Crippen LogP contribution in [-0.2, 0) is 0 Å². The maximum atomic E-state index is 10.0. The van der Waals surface area contributed by atoms with Gasteiger partial charge in [-0.25, -0.2) is 0 Å². The smallest absolute Gasteiger partial charge is 0.0777 e. The van der Waals surface area contributed by atoms with E-state index >= 15 is 0 Å². The lowest BCUT2D eigenvalue weighted by Crippen LogP contribution is -2.35. The number of fused-ring (bicyclic) bond motifs is 1. The largest absolute Gasteiger partial charge is 0.393 e. The van der Waals surface area contributed by atoms with Crippen LogP contribution in [0, 0.1) is 23.2 Å². The molecule has 0 aromatic rings. The molecule has 3 fully saturated rings. The van der Waals surface area contributed by atoms with Crippen LogP contribution in [0.25, 0.3) is 0 Å². The van der Waals surface area contributed by atoms with Crippen molar-refractivity contribution in [2.45, 2.75) is 104 Å². The molecule has 0 aliphatic heterocycles. The average Bonchev–Trinajstić information content (AvgIpc) is 3.00. The number of allylic oxidation sites excluding steroid dienone is 6. The van der Waals surface area contributed by atoms with Gasteiger partial charge in [-0.2, -0.15) is 0 Å². The van der Waals surface area contributed by atoms with Crippen LogP contribution in [0.5, 0.6) is 0 Å². The molecule has 3 rings (SSSR count). The van der Waals surface area contributed by atoms with Gasteiger partial charge in [0, 0.05) is 0 Å². The third-order valence-corrected chi connectivity index (χ3v) is 7.99. The summed E-state index contributed by atoms with van der Waals surface area (Å²) in [5.41, 5.74) is 3.45. The van der Waals surface area contributed by atoms with Crippen molar-refractivity contribution in [3.05, 3.63) is 47.1 Å². The summed E-state index contributed by atoms with van der Waals surface area (Å²) in [6.45, 7) is 10.6. The molecule has 174 valence electrons. The van der Waals surface area contributed by atoms with Crippen LogP contribution in [0.4, 0.5) is 0 Å². The SMILES string of the molecule is CC(/C=C/[C@@H](C)[C@H]1CC[C@H]2/C(=C/C=C3C[C@@H](O)C[C@H](O)C3)CCC[C@]12C)=C\C(C)(C)O. The summed E-state index contributed by atoms with van der Waals surface area (Å²) < 4.78 is 0. The van der Waals surface area contributed by atoms with Gasteiger partial charge >= 0.3 is 0 Å². The zero-order chi connectivity index (χ0) is 22.8. The summed E-state index contributed by atoms with van der Waals surface area (Å²) in [5, 5.41) is 30.0. The Morgan fingerprint density at radius 1 is 1.13 bits per heavy atom. The van der Waals surface area contributed by atoms with Gasteiger partial charge in [-0.3, -0.25) is 0 Å². The van der Waals surface area contributed by atoms with Gasteiger partial charge in [0.05, 0.1) is 17.8 Å². The van der Waals surface area contributed by atoms with Crippen LogP contribution in [0.15, 0.2) is 47.1 Å². The second-order valence-electron chi connectivity index (χ2n) is 11.4. The van der Waals surface area contributed by atoms with Gasteiger partial charge in [0.15, 0.2) is 0 Å². The van der Waals surface area contributed by atoms with Crippen molar-refractivity contribution in [2.24, 2.45) is 23.2 Å². The van der Waals surface area contributed by atoms with Gasteiger partial charge < -0.3 is 15.3 Å². The standard InChI is InChI=1S/C28H44O3/c1-19(18-27(3,4)31)8-9-20(2)25-12-13-26-22(7-6-14-28(25,26)5)11-10-21-15-23(29)17-24(30)16-21/h8-11,18,20,23-26,29-31H,6-7,12-17H2,1-5H3/b9-8+,19-18+,22-11+/t20-,23-,24-,25-,26+,28-/m1/s1. The van der Waals surface area contributed by atoms with Crippen LogP contribution in [-0.4, -0.2) is 33.1 Å². The van der Waals surface area contributed by atoms with Crippen LogP contribution in [0.2, 0.25) is 0 Å². The number of aliphatic hydroxyl groups is 3. The van der Waals surface area contributed by atoms with Crippen molar-refractivity contribution in [2.75, 3.05) is 0 Å². The van der Waals surface area contributed by atoms with E-state index in [2.05, 4.69) is 45.1 Å². The number of rotatable bonds is 5. The molecule has 0 radical (unpaired) electrons. The Balaban J connectivity index is 1.72. The van der Waals surface area contributed by atoms with E-state index in [1.54, 1.807) is 5.57 Å². The van der Waals surface area contributed by atoms with Crippen molar-refractivity contribution in [3.8, 4) is 0 Å². The molecule has 0 spiro atoms. The van der Waals surface area contributed by atoms with E-state index in [1.165, 1.54) is 37.7 Å². The average molecular weight is 429 g/mol. The second kappa shape index (κ2) is 9.77. The first-order valence-corrected chi connectivity index (χ1v) is 12.3. The quantitative estimate of drug-likeness (QED) is 0.480. The third kappa shape index (κ3) is 6.21. The Morgan fingerprint density at radius 2 is 1.81 bits per heavy atom. The van der Waals surface area contributed by atoms with E-state index in [-0.39, 0.29) is 0 Å². The van der Waals surface area contributed by atoms with E-state index in [1.807, 2.05) is 19.9 Å². The summed E-state index contributed by atoms with van der Waals surface area (Å²) in [7, 11) is 0. The monoisotopic (exact) mass is 428 g/mol. The van der Waals surface area contributed by atoms with Crippen molar-refractivity contribution in [3.63, 3.8) is 0 Å². The summed E-state index contributed by atoms with van der Waals surface area (Å²) in [5.74, 6) is 1.84. The minimum absolute atomic E-state index is 0.339. The Hall–Kier alpha value is -1.16. The highest BCUT2D eigenvalue weighted by Gasteiger charge is 2.50. The highest BCUT2D eigenvalue weighted by Crippen LogP contribution is 2.59. The molecule has 0 unspecified atom stereocenters. The van der Waals surface area contributed by atoms with Gasteiger partial charge in [-0.15, -0.1) is 0 Å². The molecule has 3 aliphatic rings. The summed E-state index contributed by atoms with van der Waals surface area (Å²) in [6, 6.07) is 0. The first-order chi connectivity index (χ1) is 14.5. The Labute approximate surface area is 189 Å². The lowest BCUT2D eigenvalue weighted by atomic mass is 9.61. The van der Waals surface area contributed by atoms with Crippen LogP contribution in [0.1, 0.15) is 86.0 Å². The Bertz CT molecular complexity index is 739. The molecule has 3 N–H and O–H groups in total. The molecule has 31 heavy (non-hydrogen) atoms. The summed E-state index contributed by atoms with van der Waals surface area (Å²) in [6.07, 6.45) is 18.3. The summed E-state index contributed by atoms with van der Waals surface area (Å²) in [4.78, 5) is 0. The molecule has 0 amide bonds. The summed E-state index contributed by atoms with van der Waals surface area (Å²) >= 11 is 0. The van der Waals surface area contributed by atoms with E-state index in [9.17, 15) is 15.3 Å². The van der Waals surface area contributed by atoms with Gasteiger partial charge in [0.1, 0.15) is 0 Å². The molecule has 0 heterocycles. The topological polar surface area (TPSA) is 60.7 Å². The third-order valence-electron chi connectivity index (χ3n) is 7.99. The molecule has 3 saturated carbocycles. The Morgan fingerprint density at radius 3 is 2.45 bits per heavy atom. The lowest BCUT2D eigenvalue weighted by molar-refractivity contribution is 0.0609. The fourth-order valence-corrected chi connectivity index (χ4v) is 6.72. The van der Waals surface area contributed by atoms with E-state index in [0.29, 0.717) is 42.4 Å². The maximum Gasteiger partial charge on any atom is 0.0777 e. The van der Waals surface area contributed by atoms with Crippen molar-refractivity contribution in [1.29, 1.82) is 0 Å².